The summed E-state index contributed by atoms with van der Waals surface area (Å²) in [6, 6.07) is 29.9. The lowest BCUT2D eigenvalue weighted by Crippen LogP contribution is -2.51. The zero-order valence-corrected chi connectivity index (χ0v) is 25.9. The molecule has 0 unspecified atom stereocenters. The summed E-state index contributed by atoms with van der Waals surface area (Å²) < 4.78 is 40.2. The number of sulfonamides is 1. The van der Waals surface area contributed by atoms with Crippen molar-refractivity contribution in [2.75, 3.05) is 24.5 Å². The molecule has 0 saturated heterocycles. The Morgan fingerprint density at radius 3 is 2.07 bits per heavy atom. The van der Waals surface area contributed by atoms with Crippen LogP contribution >= 0.6 is 0 Å². The normalized spacial score (nSPS) is 11.7. The minimum atomic E-state index is -4.17. The van der Waals surface area contributed by atoms with Gasteiger partial charge in [-0.1, -0.05) is 55.5 Å². The minimum Gasteiger partial charge on any atom is -0.497 e. The third-order valence-corrected chi connectivity index (χ3v) is 8.71. The molecule has 0 aliphatic heterocycles. The fraction of sp³-hybridized carbons (Fsp3) is 0.235. The molecule has 4 rings (SSSR count). The van der Waals surface area contributed by atoms with Gasteiger partial charge >= 0.3 is 0 Å². The van der Waals surface area contributed by atoms with E-state index < -0.39 is 28.5 Å². The second-order valence-electron chi connectivity index (χ2n) is 10.1. The van der Waals surface area contributed by atoms with Gasteiger partial charge in [0.15, 0.2) is 0 Å². The zero-order chi connectivity index (χ0) is 31.5. The molecule has 4 aromatic rings. The van der Waals surface area contributed by atoms with E-state index in [-0.39, 0.29) is 23.0 Å². The van der Waals surface area contributed by atoms with Gasteiger partial charge in [0.1, 0.15) is 29.8 Å². The van der Waals surface area contributed by atoms with Crippen LogP contribution in [0.15, 0.2) is 114 Å². The first-order valence-corrected chi connectivity index (χ1v) is 15.8. The Hall–Kier alpha value is -4.83. The van der Waals surface area contributed by atoms with Gasteiger partial charge in [-0.2, -0.15) is 0 Å². The molecular formula is C34H37N3O6S. The van der Waals surface area contributed by atoms with Crippen LogP contribution in [0.25, 0.3) is 0 Å². The smallest absolute Gasteiger partial charge is 0.264 e. The average molecular weight is 616 g/mol. The number of hydrogen-bond donors (Lipinski definition) is 1. The lowest BCUT2D eigenvalue weighted by Gasteiger charge is -2.32. The number of carbonyl (C=O) groups is 2. The van der Waals surface area contributed by atoms with Crippen LogP contribution in [0.5, 0.6) is 17.2 Å². The number of methoxy groups -OCH3 is 1. The quantitative estimate of drug-likeness (QED) is 0.197. The minimum absolute atomic E-state index is 0.0329. The first-order chi connectivity index (χ1) is 21.2. The molecule has 0 saturated carbocycles. The lowest BCUT2D eigenvalue weighted by atomic mass is 10.1. The van der Waals surface area contributed by atoms with Crippen molar-refractivity contribution in [3.05, 3.63) is 115 Å². The molecule has 0 radical (unpaired) electrons. The molecule has 44 heavy (non-hydrogen) atoms. The van der Waals surface area contributed by atoms with Crippen molar-refractivity contribution in [1.82, 2.24) is 10.2 Å². The van der Waals surface area contributed by atoms with E-state index in [1.54, 1.807) is 74.7 Å². The highest BCUT2D eigenvalue weighted by Gasteiger charge is 2.32. The summed E-state index contributed by atoms with van der Waals surface area (Å²) in [4.78, 5) is 28.5. The Labute approximate surface area is 259 Å². The van der Waals surface area contributed by atoms with Crippen LogP contribution in [0, 0.1) is 0 Å². The van der Waals surface area contributed by atoms with Crippen LogP contribution in [-0.2, 0) is 26.2 Å². The molecular weight excluding hydrogens is 578 g/mol. The summed E-state index contributed by atoms with van der Waals surface area (Å²) in [7, 11) is -2.63. The molecule has 0 bridgehead atoms. The van der Waals surface area contributed by atoms with E-state index in [1.807, 2.05) is 43.3 Å². The highest BCUT2D eigenvalue weighted by molar-refractivity contribution is 7.92. The first-order valence-electron chi connectivity index (χ1n) is 14.3. The van der Waals surface area contributed by atoms with E-state index in [2.05, 4.69) is 5.32 Å². The molecule has 9 nitrogen and oxygen atoms in total. The highest BCUT2D eigenvalue weighted by Crippen LogP contribution is 2.28. The monoisotopic (exact) mass is 615 g/mol. The third kappa shape index (κ3) is 8.17. The Morgan fingerprint density at radius 2 is 1.43 bits per heavy atom. The molecule has 0 aromatic heterocycles. The fourth-order valence-electron chi connectivity index (χ4n) is 4.50. The maximum atomic E-state index is 14.1. The van der Waals surface area contributed by atoms with Gasteiger partial charge in [0.25, 0.3) is 10.0 Å². The van der Waals surface area contributed by atoms with Crippen LogP contribution in [0.1, 0.15) is 25.8 Å². The molecule has 10 heteroatoms. The van der Waals surface area contributed by atoms with Crippen molar-refractivity contribution in [2.45, 2.75) is 37.8 Å². The highest BCUT2D eigenvalue weighted by atomic mass is 32.2. The van der Waals surface area contributed by atoms with Crippen LogP contribution < -0.4 is 19.1 Å². The summed E-state index contributed by atoms with van der Waals surface area (Å²) >= 11 is 0. The van der Waals surface area contributed by atoms with Gasteiger partial charge in [-0.15, -0.1) is 0 Å². The number of para-hydroxylation sites is 1. The van der Waals surface area contributed by atoms with Crippen LogP contribution in [0.2, 0.25) is 0 Å². The standard InChI is InChI=1S/C34H37N3O6S/c1-4-22-35-34(39)26(2)36(24-27-12-11-15-31(23-27)42-3)33(38)25-37(44(40,41)32-16-9-6-10-17-32)28-18-20-30(21-19-28)43-29-13-7-5-8-14-29/h5-21,23,26H,4,22,24-25H2,1-3H3,(H,35,39)/t26-/m1/s1. The summed E-state index contributed by atoms with van der Waals surface area (Å²) in [6.07, 6.45) is 0.732. The lowest BCUT2D eigenvalue weighted by molar-refractivity contribution is -0.139. The van der Waals surface area contributed by atoms with E-state index in [0.717, 1.165) is 16.3 Å². The van der Waals surface area contributed by atoms with E-state index in [4.69, 9.17) is 9.47 Å². The van der Waals surface area contributed by atoms with Crippen molar-refractivity contribution >= 4 is 27.5 Å². The molecule has 1 atom stereocenters. The Kier molecular flexibility index (Phi) is 11.0. The van der Waals surface area contributed by atoms with Gasteiger partial charge in [0.2, 0.25) is 11.8 Å². The van der Waals surface area contributed by atoms with E-state index in [1.165, 1.54) is 17.0 Å². The average Bonchev–Trinajstić information content (AvgIpc) is 3.06. The maximum absolute atomic E-state index is 14.1. The van der Waals surface area contributed by atoms with Gasteiger partial charge < -0.3 is 19.7 Å². The van der Waals surface area contributed by atoms with E-state index >= 15 is 0 Å². The Balaban J connectivity index is 1.69. The number of benzene rings is 4. The second kappa shape index (κ2) is 15.1. The van der Waals surface area contributed by atoms with Crippen molar-refractivity contribution in [3.8, 4) is 17.2 Å². The molecule has 4 aromatic carbocycles. The molecule has 1 N–H and O–H groups in total. The van der Waals surface area contributed by atoms with Crippen molar-refractivity contribution < 1.29 is 27.5 Å². The van der Waals surface area contributed by atoms with Gasteiger partial charge in [0, 0.05) is 13.1 Å². The molecule has 0 heterocycles. The number of ether oxygens (including phenoxy) is 2. The largest absolute Gasteiger partial charge is 0.497 e. The number of nitrogens with zero attached hydrogens (tertiary/aromatic N) is 2. The summed E-state index contributed by atoms with van der Waals surface area (Å²) in [5.74, 6) is 0.861. The number of nitrogens with one attached hydrogen (secondary N) is 1. The van der Waals surface area contributed by atoms with Crippen molar-refractivity contribution in [2.24, 2.45) is 0 Å². The van der Waals surface area contributed by atoms with Gasteiger partial charge in [-0.3, -0.25) is 13.9 Å². The Morgan fingerprint density at radius 1 is 0.818 bits per heavy atom. The zero-order valence-electron chi connectivity index (χ0n) is 25.1. The number of anilines is 1. The van der Waals surface area contributed by atoms with Crippen LogP contribution in [0.4, 0.5) is 5.69 Å². The topological polar surface area (TPSA) is 105 Å². The molecule has 230 valence electrons. The predicted octanol–water partition coefficient (Wildman–Crippen LogP) is 5.63. The van der Waals surface area contributed by atoms with Crippen LogP contribution in [-0.4, -0.2) is 51.4 Å². The van der Waals surface area contributed by atoms with Gasteiger partial charge in [-0.25, -0.2) is 8.42 Å². The van der Waals surface area contributed by atoms with E-state index in [9.17, 15) is 18.0 Å². The first kappa shape index (κ1) is 32.1. The summed E-state index contributed by atoms with van der Waals surface area (Å²) in [5, 5.41) is 2.84. The number of carbonyl (C=O) groups excluding carboxylic acids is 2. The van der Waals surface area contributed by atoms with Gasteiger partial charge in [-0.05, 0) is 79.6 Å². The molecule has 2 amide bonds. The SMILES string of the molecule is CCCNC(=O)[C@@H](C)N(Cc1cccc(OC)c1)C(=O)CN(c1ccc(Oc2ccccc2)cc1)S(=O)(=O)c1ccccc1. The fourth-order valence-corrected chi connectivity index (χ4v) is 5.93. The Bertz CT molecular complexity index is 1630. The summed E-state index contributed by atoms with van der Waals surface area (Å²) in [6.45, 7) is 3.56. The number of hydrogen-bond acceptors (Lipinski definition) is 6. The second-order valence-corrected chi connectivity index (χ2v) is 11.9. The molecule has 0 aliphatic carbocycles. The van der Waals surface area contributed by atoms with Gasteiger partial charge in [0.05, 0.1) is 17.7 Å². The maximum Gasteiger partial charge on any atom is 0.264 e. The van der Waals surface area contributed by atoms with E-state index in [0.29, 0.717) is 23.8 Å². The number of amides is 2. The van der Waals surface area contributed by atoms with Crippen molar-refractivity contribution in [3.63, 3.8) is 0 Å². The van der Waals surface area contributed by atoms with Crippen molar-refractivity contribution in [1.29, 1.82) is 0 Å². The summed E-state index contributed by atoms with van der Waals surface area (Å²) in [5.41, 5.74) is 1.000. The number of rotatable bonds is 14. The molecule has 0 aliphatic rings. The molecule has 0 spiro atoms. The third-order valence-electron chi connectivity index (χ3n) is 6.92. The van der Waals surface area contributed by atoms with Crippen LogP contribution in [0.3, 0.4) is 0 Å². The predicted molar refractivity (Wildman–Crippen MR) is 170 cm³/mol. The molecule has 0 fully saturated rings.